The van der Waals surface area contributed by atoms with E-state index in [0.29, 0.717) is 0 Å². The van der Waals surface area contributed by atoms with Crippen LogP contribution in [0.2, 0.25) is 0 Å². The van der Waals surface area contributed by atoms with Gasteiger partial charge in [0.05, 0.1) is 0 Å². The highest BCUT2D eigenvalue weighted by Crippen LogP contribution is 2.36. The molecule has 0 saturated heterocycles. The summed E-state index contributed by atoms with van der Waals surface area (Å²) in [5, 5.41) is 2.95. The van der Waals surface area contributed by atoms with Gasteiger partial charge in [-0.1, -0.05) is 0 Å². The molecule has 0 atom stereocenters. The summed E-state index contributed by atoms with van der Waals surface area (Å²) in [7, 11) is 0. The molecule has 0 unspecified atom stereocenters. The molecule has 4 nitrogen and oxygen atoms in total. The SMILES string of the molecule is O=C(Nc1ccc(F)cc1)C(F)(F)C(F)(F)C(=O)Nc1ccc(F)cc1. The first-order valence-corrected chi connectivity index (χ1v) is 6.93. The first-order chi connectivity index (χ1) is 12.0. The van der Waals surface area contributed by atoms with Gasteiger partial charge in [0.25, 0.3) is 0 Å². The number of halogens is 6. The molecule has 0 radical (unpaired) electrons. The van der Waals surface area contributed by atoms with Crippen LogP contribution in [0.4, 0.5) is 37.7 Å². The number of rotatable bonds is 5. The number of hydrogen-bond donors (Lipinski definition) is 2. The molecule has 26 heavy (non-hydrogen) atoms. The Balaban J connectivity index is 2.15. The van der Waals surface area contributed by atoms with Gasteiger partial charge in [0.15, 0.2) is 0 Å². The Morgan fingerprint density at radius 2 is 0.885 bits per heavy atom. The van der Waals surface area contributed by atoms with Crippen LogP contribution >= 0.6 is 0 Å². The van der Waals surface area contributed by atoms with E-state index in [0.717, 1.165) is 48.5 Å². The van der Waals surface area contributed by atoms with Gasteiger partial charge in [-0.2, -0.15) is 17.6 Å². The van der Waals surface area contributed by atoms with Crippen LogP contribution in [-0.2, 0) is 9.59 Å². The maximum absolute atomic E-state index is 13.8. The second-order valence-electron chi connectivity index (χ2n) is 5.07. The van der Waals surface area contributed by atoms with Gasteiger partial charge in [-0.05, 0) is 48.5 Å². The summed E-state index contributed by atoms with van der Waals surface area (Å²) in [4.78, 5) is 23.0. The van der Waals surface area contributed by atoms with Crippen molar-refractivity contribution in [2.75, 3.05) is 10.6 Å². The van der Waals surface area contributed by atoms with E-state index >= 15 is 0 Å². The van der Waals surface area contributed by atoms with Crippen LogP contribution in [0.25, 0.3) is 0 Å². The summed E-state index contributed by atoms with van der Waals surface area (Å²) >= 11 is 0. The second-order valence-corrected chi connectivity index (χ2v) is 5.07. The minimum absolute atomic E-state index is 0.370. The predicted molar refractivity (Wildman–Crippen MR) is 80.0 cm³/mol. The summed E-state index contributed by atoms with van der Waals surface area (Å²) < 4.78 is 80.7. The Hall–Kier alpha value is -3.04. The molecule has 0 aliphatic rings. The van der Waals surface area contributed by atoms with Crippen molar-refractivity contribution in [2.45, 2.75) is 11.8 Å². The number of alkyl halides is 4. The van der Waals surface area contributed by atoms with Crippen molar-refractivity contribution in [3.8, 4) is 0 Å². The van der Waals surface area contributed by atoms with Crippen molar-refractivity contribution in [1.29, 1.82) is 0 Å². The van der Waals surface area contributed by atoms with E-state index in [9.17, 15) is 35.9 Å². The molecule has 0 bridgehead atoms. The topological polar surface area (TPSA) is 58.2 Å². The number of benzene rings is 2. The molecule has 2 N–H and O–H groups in total. The quantitative estimate of drug-likeness (QED) is 0.780. The molecule has 0 spiro atoms. The lowest BCUT2D eigenvalue weighted by Crippen LogP contribution is -2.56. The van der Waals surface area contributed by atoms with Crippen LogP contribution in [0, 0.1) is 11.6 Å². The summed E-state index contributed by atoms with van der Waals surface area (Å²) in [6.07, 6.45) is 0. The Morgan fingerprint density at radius 1 is 0.615 bits per heavy atom. The highest BCUT2D eigenvalue weighted by atomic mass is 19.3. The van der Waals surface area contributed by atoms with Gasteiger partial charge in [0.1, 0.15) is 11.6 Å². The van der Waals surface area contributed by atoms with Crippen molar-refractivity contribution >= 4 is 23.2 Å². The van der Waals surface area contributed by atoms with Gasteiger partial charge < -0.3 is 10.6 Å². The Labute approximate surface area is 142 Å². The summed E-state index contributed by atoms with van der Waals surface area (Å²) in [5.41, 5.74) is -0.739. The molecule has 2 aromatic carbocycles. The minimum atomic E-state index is -5.41. The Morgan fingerprint density at radius 3 is 1.15 bits per heavy atom. The first kappa shape index (κ1) is 19.3. The fourth-order valence-corrected chi connectivity index (χ4v) is 1.77. The average molecular weight is 376 g/mol. The van der Waals surface area contributed by atoms with E-state index in [1.54, 1.807) is 0 Å². The van der Waals surface area contributed by atoms with Gasteiger partial charge in [-0.25, -0.2) is 8.78 Å². The normalized spacial score (nSPS) is 11.8. The molecule has 2 aromatic rings. The number of nitrogens with one attached hydrogen (secondary N) is 2. The lowest BCUT2D eigenvalue weighted by molar-refractivity contribution is -0.204. The van der Waals surface area contributed by atoms with Gasteiger partial charge in [0.2, 0.25) is 0 Å². The molecular weight excluding hydrogens is 366 g/mol. The molecule has 0 saturated carbocycles. The molecule has 2 rings (SSSR count). The number of amides is 2. The third-order valence-corrected chi connectivity index (χ3v) is 3.17. The van der Waals surface area contributed by atoms with E-state index in [4.69, 9.17) is 0 Å². The molecule has 0 aliphatic carbocycles. The van der Waals surface area contributed by atoms with Crippen LogP contribution < -0.4 is 10.6 Å². The van der Waals surface area contributed by atoms with E-state index in [-0.39, 0.29) is 11.4 Å². The van der Waals surface area contributed by atoms with Crippen molar-refractivity contribution in [3.63, 3.8) is 0 Å². The summed E-state index contributed by atoms with van der Waals surface area (Å²) in [6.45, 7) is 0. The highest BCUT2D eigenvalue weighted by Gasteiger charge is 2.67. The zero-order chi connectivity index (χ0) is 19.5. The van der Waals surface area contributed by atoms with Gasteiger partial charge in [-0.3, -0.25) is 9.59 Å². The van der Waals surface area contributed by atoms with E-state index in [1.807, 2.05) is 0 Å². The van der Waals surface area contributed by atoms with Crippen molar-refractivity contribution < 1.29 is 35.9 Å². The largest absolute Gasteiger partial charge is 0.396 e. The van der Waals surface area contributed by atoms with E-state index in [2.05, 4.69) is 0 Å². The molecule has 10 heteroatoms. The lowest BCUT2D eigenvalue weighted by atomic mass is 10.1. The fourth-order valence-electron chi connectivity index (χ4n) is 1.77. The Bertz CT molecular complexity index is 737. The van der Waals surface area contributed by atoms with E-state index in [1.165, 1.54) is 10.6 Å². The smallest absolute Gasteiger partial charge is 0.321 e. The number of anilines is 2. The van der Waals surface area contributed by atoms with Gasteiger partial charge in [0, 0.05) is 11.4 Å². The van der Waals surface area contributed by atoms with Gasteiger partial charge >= 0.3 is 23.7 Å². The van der Waals surface area contributed by atoms with Crippen LogP contribution in [0.15, 0.2) is 48.5 Å². The van der Waals surface area contributed by atoms with Crippen LogP contribution in [-0.4, -0.2) is 23.7 Å². The number of carbonyl (C=O) groups is 2. The van der Waals surface area contributed by atoms with Gasteiger partial charge in [-0.15, -0.1) is 0 Å². The van der Waals surface area contributed by atoms with Crippen molar-refractivity contribution in [2.24, 2.45) is 0 Å². The van der Waals surface area contributed by atoms with E-state index < -0.39 is 35.3 Å². The third-order valence-electron chi connectivity index (χ3n) is 3.17. The second kappa shape index (κ2) is 7.06. The standard InChI is InChI=1S/C16H10F6N2O2/c17-9-1-5-11(6-2-9)23-13(25)15(19,20)16(21,22)14(26)24-12-7-3-10(18)4-8-12/h1-8H,(H,23,25)(H,24,26). The molecule has 0 fully saturated rings. The molecule has 0 aliphatic heterocycles. The molecule has 2 amide bonds. The third kappa shape index (κ3) is 3.95. The lowest BCUT2D eigenvalue weighted by Gasteiger charge is -2.24. The molecule has 0 aromatic heterocycles. The first-order valence-electron chi connectivity index (χ1n) is 6.93. The Kier molecular flexibility index (Phi) is 5.24. The number of hydrogen-bond acceptors (Lipinski definition) is 2. The van der Waals surface area contributed by atoms with Crippen molar-refractivity contribution in [3.05, 3.63) is 60.2 Å². The van der Waals surface area contributed by atoms with Crippen LogP contribution in [0.1, 0.15) is 0 Å². The molecule has 0 heterocycles. The molecule has 138 valence electrons. The maximum atomic E-state index is 13.8. The number of carbonyl (C=O) groups excluding carboxylic acids is 2. The summed E-state index contributed by atoms with van der Waals surface area (Å²) in [6, 6.07) is 6.75. The highest BCUT2D eigenvalue weighted by molar-refractivity contribution is 6.05. The fraction of sp³-hybridized carbons (Fsp3) is 0.125. The predicted octanol–water partition coefficient (Wildman–Crippen LogP) is 3.81. The van der Waals surface area contributed by atoms with Crippen LogP contribution in [0.3, 0.4) is 0 Å². The zero-order valence-corrected chi connectivity index (χ0v) is 12.7. The monoisotopic (exact) mass is 376 g/mol. The summed E-state index contributed by atoms with van der Waals surface area (Å²) in [5.74, 6) is -17.2. The maximum Gasteiger partial charge on any atom is 0.396 e. The average Bonchev–Trinajstić information content (AvgIpc) is 2.58. The molecular formula is C16H10F6N2O2. The van der Waals surface area contributed by atoms with Crippen molar-refractivity contribution in [1.82, 2.24) is 0 Å². The zero-order valence-electron chi connectivity index (χ0n) is 12.7. The minimum Gasteiger partial charge on any atom is -0.321 e. The van der Waals surface area contributed by atoms with Crippen LogP contribution in [0.5, 0.6) is 0 Å².